The van der Waals surface area contributed by atoms with Gasteiger partial charge in [-0.3, -0.25) is 0 Å². The highest BCUT2D eigenvalue weighted by Gasteiger charge is 2.19. The second-order valence-corrected chi connectivity index (χ2v) is 5.18. The van der Waals surface area contributed by atoms with E-state index in [0.29, 0.717) is 0 Å². The summed E-state index contributed by atoms with van der Waals surface area (Å²) in [6.45, 7) is 5.55. The molecule has 0 heterocycles. The van der Waals surface area contributed by atoms with E-state index in [1.165, 1.54) is 0 Å². The second-order valence-electron chi connectivity index (χ2n) is 5.18. The van der Waals surface area contributed by atoms with Crippen molar-refractivity contribution in [1.82, 2.24) is 15.1 Å². The Labute approximate surface area is 101 Å². The molecule has 0 aromatic heterocycles. The van der Waals surface area contributed by atoms with Crippen LogP contribution in [-0.4, -0.2) is 74.9 Å². The van der Waals surface area contributed by atoms with Crippen LogP contribution >= 0.6 is 0 Å². The SMILES string of the molecule is CNC(C)(CO)CCCN(C)CCN(C)C. The number of nitrogens with zero attached hydrogens (tertiary/aromatic N) is 2. The van der Waals surface area contributed by atoms with Gasteiger partial charge >= 0.3 is 0 Å². The average molecular weight is 231 g/mol. The standard InChI is InChI=1S/C12H29N3O/c1-12(11-16,13-2)7-6-8-15(5)10-9-14(3)4/h13,16H,6-11H2,1-5H3. The van der Waals surface area contributed by atoms with Gasteiger partial charge in [-0.25, -0.2) is 0 Å². The normalized spacial score (nSPS) is 15.8. The maximum absolute atomic E-state index is 9.24. The lowest BCUT2D eigenvalue weighted by molar-refractivity contribution is 0.165. The zero-order valence-electron chi connectivity index (χ0n) is 11.6. The Morgan fingerprint density at radius 2 is 1.75 bits per heavy atom. The summed E-state index contributed by atoms with van der Waals surface area (Å²) in [5, 5.41) is 12.4. The summed E-state index contributed by atoms with van der Waals surface area (Å²) < 4.78 is 0. The van der Waals surface area contributed by atoms with Gasteiger partial charge in [-0.1, -0.05) is 0 Å². The van der Waals surface area contributed by atoms with E-state index < -0.39 is 0 Å². The first-order valence-corrected chi connectivity index (χ1v) is 6.06. The van der Waals surface area contributed by atoms with Crippen molar-refractivity contribution in [3.05, 3.63) is 0 Å². The molecule has 0 aromatic rings. The maximum atomic E-state index is 9.24. The van der Waals surface area contributed by atoms with Gasteiger partial charge in [0.2, 0.25) is 0 Å². The molecule has 0 aromatic carbocycles. The van der Waals surface area contributed by atoms with Crippen LogP contribution in [-0.2, 0) is 0 Å². The molecule has 0 fully saturated rings. The minimum atomic E-state index is -0.123. The van der Waals surface area contributed by atoms with Crippen LogP contribution in [0, 0.1) is 0 Å². The van der Waals surface area contributed by atoms with Crippen LogP contribution in [0.2, 0.25) is 0 Å². The van der Waals surface area contributed by atoms with Gasteiger partial charge in [-0.2, -0.15) is 0 Å². The van der Waals surface area contributed by atoms with Gasteiger partial charge < -0.3 is 20.2 Å². The summed E-state index contributed by atoms with van der Waals surface area (Å²) in [6, 6.07) is 0. The molecule has 4 nitrogen and oxygen atoms in total. The molecule has 0 amide bonds. The molecule has 0 saturated carbocycles. The Bertz CT molecular complexity index is 170. The number of nitrogens with one attached hydrogen (secondary N) is 1. The van der Waals surface area contributed by atoms with Gasteiger partial charge in [0, 0.05) is 18.6 Å². The molecule has 1 atom stereocenters. The first kappa shape index (κ1) is 15.8. The quantitative estimate of drug-likeness (QED) is 0.596. The summed E-state index contributed by atoms with van der Waals surface area (Å²) in [5.41, 5.74) is -0.123. The Kier molecular flexibility index (Phi) is 7.93. The number of likely N-dealkylation sites (N-methyl/N-ethyl adjacent to an activating group) is 3. The van der Waals surface area contributed by atoms with E-state index in [-0.39, 0.29) is 12.1 Å². The predicted molar refractivity (Wildman–Crippen MR) is 69.8 cm³/mol. The maximum Gasteiger partial charge on any atom is 0.0610 e. The van der Waals surface area contributed by atoms with Crippen LogP contribution in [0.4, 0.5) is 0 Å². The Hall–Kier alpha value is -0.160. The van der Waals surface area contributed by atoms with E-state index in [1.54, 1.807) is 0 Å². The summed E-state index contributed by atoms with van der Waals surface area (Å²) >= 11 is 0. The monoisotopic (exact) mass is 231 g/mol. The Morgan fingerprint density at radius 3 is 2.19 bits per heavy atom. The molecule has 98 valence electrons. The van der Waals surface area contributed by atoms with Crippen LogP contribution in [0.1, 0.15) is 19.8 Å². The zero-order valence-corrected chi connectivity index (χ0v) is 11.6. The fraction of sp³-hybridized carbons (Fsp3) is 1.00. The first-order valence-electron chi connectivity index (χ1n) is 6.06. The highest BCUT2D eigenvalue weighted by atomic mass is 16.3. The van der Waals surface area contributed by atoms with E-state index in [9.17, 15) is 5.11 Å². The van der Waals surface area contributed by atoms with E-state index in [1.807, 2.05) is 7.05 Å². The van der Waals surface area contributed by atoms with Crippen molar-refractivity contribution in [3.8, 4) is 0 Å². The van der Waals surface area contributed by atoms with Gasteiger partial charge in [0.25, 0.3) is 0 Å². The fourth-order valence-corrected chi connectivity index (χ4v) is 1.50. The van der Waals surface area contributed by atoms with Crippen LogP contribution < -0.4 is 5.32 Å². The predicted octanol–water partition coefficient (Wildman–Crippen LogP) is 0.230. The molecule has 4 heteroatoms. The van der Waals surface area contributed by atoms with E-state index in [2.05, 4.69) is 43.2 Å². The van der Waals surface area contributed by atoms with E-state index in [4.69, 9.17) is 0 Å². The highest BCUT2D eigenvalue weighted by Crippen LogP contribution is 2.10. The number of hydrogen-bond acceptors (Lipinski definition) is 4. The minimum absolute atomic E-state index is 0.123. The lowest BCUT2D eigenvalue weighted by atomic mass is 9.97. The van der Waals surface area contributed by atoms with Crippen LogP contribution in [0.3, 0.4) is 0 Å². The number of hydrogen-bond donors (Lipinski definition) is 2. The largest absolute Gasteiger partial charge is 0.394 e. The number of rotatable bonds is 9. The lowest BCUT2D eigenvalue weighted by Crippen LogP contribution is -2.43. The molecule has 0 radical (unpaired) electrons. The minimum Gasteiger partial charge on any atom is -0.394 e. The van der Waals surface area contributed by atoms with Crippen LogP contribution in [0.15, 0.2) is 0 Å². The Balaban J connectivity index is 3.64. The van der Waals surface area contributed by atoms with Gasteiger partial charge in [0.15, 0.2) is 0 Å². The van der Waals surface area contributed by atoms with Gasteiger partial charge in [-0.05, 0) is 54.5 Å². The Morgan fingerprint density at radius 1 is 1.12 bits per heavy atom. The topological polar surface area (TPSA) is 38.7 Å². The zero-order chi connectivity index (χ0) is 12.6. The van der Waals surface area contributed by atoms with Gasteiger partial charge in [-0.15, -0.1) is 0 Å². The van der Waals surface area contributed by atoms with Crippen molar-refractivity contribution < 1.29 is 5.11 Å². The van der Waals surface area contributed by atoms with Crippen molar-refractivity contribution in [1.29, 1.82) is 0 Å². The molecule has 0 aliphatic heterocycles. The van der Waals surface area contributed by atoms with Crippen LogP contribution in [0.5, 0.6) is 0 Å². The average Bonchev–Trinajstić information content (AvgIpc) is 2.26. The molecule has 0 aliphatic rings. The molecule has 0 rings (SSSR count). The van der Waals surface area contributed by atoms with Crippen molar-refractivity contribution in [3.63, 3.8) is 0 Å². The molecule has 16 heavy (non-hydrogen) atoms. The number of aliphatic hydroxyl groups is 1. The smallest absolute Gasteiger partial charge is 0.0610 e. The second kappa shape index (κ2) is 8.01. The third-order valence-corrected chi connectivity index (χ3v) is 3.15. The summed E-state index contributed by atoms with van der Waals surface area (Å²) in [4.78, 5) is 4.54. The number of aliphatic hydroxyl groups excluding tert-OH is 1. The van der Waals surface area contributed by atoms with Crippen molar-refractivity contribution >= 4 is 0 Å². The van der Waals surface area contributed by atoms with E-state index >= 15 is 0 Å². The molecule has 1 unspecified atom stereocenters. The van der Waals surface area contributed by atoms with Gasteiger partial charge in [0.05, 0.1) is 6.61 Å². The van der Waals surface area contributed by atoms with E-state index in [0.717, 1.165) is 32.5 Å². The third-order valence-electron chi connectivity index (χ3n) is 3.15. The third kappa shape index (κ3) is 7.17. The summed E-state index contributed by atoms with van der Waals surface area (Å²) in [7, 11) is 8.25. The molecular weight excluding hydrogens is 202 g/mol. The fourth-order valence-electron chi connectivity index (χ4n) is 1.50. The van der Waals surface area contributed by atoms with Crippen molar-refractivity contribution in [2.24, 2.45) is 0 Å². The molecule has 2 N–H and O–H groups in total. The van der Waals surface area contributed by atoms with Gasteiger partial charge in [0.1, 0.15) is 0 Å². The molecule has 0 saturated heterocycles. The first-order chi connectivity index (χ1) is 7.43. The molecule has 0 bridgehead atoms. The highest BCUT2D eigenvalue weighted by molar-refractivity contribution is 4.80. The summed E-state index contributed by atoms with van der Waals surface area (Å²) in [6.07, 6.45) is 2.12. The molecule has 0 spiro atoms. The molecule has 0 aliphatic carbocycles. The summed E-state index contributed by atoms with van der Waals surface area (Å²) in [5.74, 6) is 0. The lowest BCUT2D eigenvalue weighted by Gasteiger charge is -2.28. The van der Waals surface area contributed by atoms with Crippen molar-refractivity contribution in [2.45, 2.75) is 25.3 Å². The molecular formula is C12H29N3O. The van der Waals surface area contributed by atoms with Crippen molar-refractivity contribution in [2.75, 3.05) is 54.4 Å². The van der Waals surface area contributed by atoms with Crippen LogP contribution in [0.25, 0.3) is 0 Å².